The van der Waals surface area contributed by atoms with Crippen molar-refractivity contribution in [2.45, 2.75) is 24.7 Å². The minimum atomic E-state index is -4.21. The Bertz CT molecular complexity index is 1320. The molecule has 2 aromatic carbocycles. The molecule has 2 heterocycles. The summed E-state index contributed by atoms with van der Waals surface area (Å²) in [6.45, 7) is -1.21. The van der Waals surface area contributed by atoms with Crippen LogP contribution in [-0.4, -0.2) is 30.3 Å². The molecule has 1 N–H and O–H groups in total. The molecule has 0 saturated heterocycles. The van der Waals surface area contributed by atoms with Crippen LogP contribution in [0, 0.1) is 17.5 Å². The van der Waals surface area contributed by atoms with E-state index in [2.05, 4.69) is 20.5 Å². The van der Waals surface area contributed by atoms with E-state index >= 15 is 8.78 Å². The molecule has 0 spiro atoms. The highest BCUT2D eigenvalue weighted by Gasteiger charge is 2.58. The standard InChI is InChI=1S/C22H15ClF5N5O2/c23-14-2-1-13(18(25)7-14)10-35-16-4-6-20(29-9-16)22(27,28)21(34,11-33-12-30-31-32-33)17-5-3-15(24)8-19(17)26/h1-9,12,34H,10-11H2. The molecule has 4 rings (SSSR count). The Morgan fingerprint density at radius 3 is 2.43 bits per heavy atom. The summed E-state index contributed by atoms with van der Waals surface area (Å²) < 4.78 is 79.4. The van der Waals surface area contributed by atoms with Gasteiger partial charge in [-0.2, -0.15) is 8.78 Å². The number of pyridine rings is 1. The molecule has 0 aliphatic carbocycles. The van der Waals surface area contributed by atoms with Gasteiger partial charge in [0.05, 0.1) is 12.7 Å². The molecule has 0 aliphatic heterocycles. The summed E-state index contributed by atoms with van der Waals surface area (Å²) >= 11 is 5.70. The van der Waals surface area contributed by atoms with Crippen LogP contribution >= 0.6 is 11.6 Å². The molecule has 35 heavy (non-hydrogen) atoms. The van der Waals surface area contributed by atoms with Gasteiger partial charge in [-0.05, 0) is 46.8 Å². The Morgan fingerprint density at radius 1 is 1.00 bits per heavy atom. The number of aliphatic hydroxyl groups is 1. The molecular formula is C22H15ClF5N5O2. The smallest absolute Gasteiger partial charge is 0.323 e. The van der Waals surface area contributed by atoms with E-state index in [1.807, 2.05) is 0 Å². The molecular weight excluding hydrogens is 497 g/mol. The van der Waals surface area contributed by atoms with Gasteiger partial charge in [0.1, 0.15) is 41.8 Å². The average molecular weight is 512 g/mol. The molecule has 13 heteroatoms. The first-order chi connectivity index (χ1) is 16.6. The molecule has 1 unspecified atom stereocenters. The van der Waals surface area contributed by atoms with Crippen molar-refractivity contribution < 1.29 is 31.8 Å². The van der Waals surface area contributed by atoms with E-state index in [9.17, 15) is 18.3 Å². The molecule has 0 radical (unpaired) electrons. The number of aromatic nitrogens is 5. The normalized spacial score (nSPS) is 13.5. The van der Waals surface area contributed by atoms with E-state index in [0.29, 0.717) is 12.1 Å². The molecule has 2 aromatic heterocycles. The highest BCUT2D eigenvalue weighted by Crippen LogP contribution is 2.46. The number of rotatable bonds is 8. The number of hydrogen-bond acceptors (Lipinski definition) is 6. The van der Waals surface area contributed by atoms with Crippen LogP contribution in [0.1, 0.15) is 16.8 Å². The Labute approximate surface area is 199 Å². The SMILES string of the molecule is OC(Cn1cnnn1)(c1ccc(F)cc1F)C(F)(F)c1ccc(OCc2ccc(Cl)cc2F)cn1. The van der Waals surface area contributed by atoms with Crippen molar-refractivity contribution in [2.24, 2.45) is 0 Å². The van der Waals surface area contributed by atoms with E-state index in [1.54, 1.807) is 0 Å². The minimum Gasteiger partial charge on any atom is -0.487 e. The summed E-state index contributed by atoms with van der Waals surface area (Å²) in [6.07, 6.45) is 1.89. The maximum Gasteiger partial charge on any atom is 0.323 e. The molecule has 0 saturated carbocycles. The van der Waals surface area contributed by atoms with Gasteiger partial charge in [0.15, 0.2) is 5.60 Å². The lowest BCUT2D eigenvalue weighted by Gasteiger charge is -2.35. The zero-order valence-corrected chi connectivity index (χ0v) is 18.3. The highest BCUT2D eigenvalue weighted by molar-refractivity contribution is 6.30. The van der Waals surface area contributed by atoms with Crippen LogP contribution in [0.3, 0.4) is 0 Å². The van der Waals surface area contributed by atoms with Crippen LogP contribution in [0.5, 0.6) is 5.75 Å². The molecule has 4 aromatic rings. The fourth-order valence-corrected chi connectivity index (χ4v) is 3.49. The van der Waals surface area contributed by atoms with Crippen LogP contribution in [0.4, 0.5) is 22.0 Å². The van der Waals surface area contributed by atoms with Gasteiger partial charge in [0, 0.05) is 22.2 Å². The van der Waals surface area contributed by atoms with Gasteiger partial charge in [0.2, 0.25) is 0 Å². The van der Waals surface area contributed by atoms with Crippen molar-refractivity contribution in [2.75, 3.05) is 0 Å². The Morgan fingerprint density at radius 2 is 1.80 bits per heavy atom. The van der Waals surface area contributed by atoms with Crippen molar-refractivity contribution in [3.05, 3.63) is 100 Å². The number of tetrazole rings is 1. The Kier molecular flexibility index (Phi) is 6.68. The van der Waals surface area contributed by atoms with Gasteiger partial charge in [-0.25, -0.2) is 17.9 Å². The van der Waals surface area contributed by atoms with Gasteiger partial charge >= 0.3 is 5.92 Å². The lowest BCUT2D eigenvalue weighted by molar-refractivity contribution is -0.207. The van der Waals surface area contributed by atoms with Gasteiger partial charge in [0.25, 0.3) is 0 Å². The summed E-state index contributed by atoms with van der Waals surface area (Å²) in [7, 11) is 0. The van der Waals surface area contributed by atoms with Crippen LogP contribution < -0.4 is 4.74 Å². The maximum absolute atomic E-state index is 15.7. The van der Waals surface area contributed by atoms with Gasteiger partial charge in [-0.3, -0.25) is 4.98 Å². The average Bonchev–Trinajstić information content (AvgIpc) is 3.31. The molecule has 0 bridgehead atoms. The summed E-state index contributed by atoms with van der Waals surface area (Å²) in [4.78, 5) is 3.66. The lowest BCUT2D eigenvalue weighted by Crippen LogP contribution is -2.48. The van der Waals surface area contributed by atoms with Crippen LogP contribution in [0.15, 0.2) is 61.1 Å². The van der Waals surface area contributed by atoms with E-state index in [1.165, 1.54) is 12.1 Å². The Balaban J connectivity index is 1.63. The van der Waals surface area contributed by atoms with Gasteiger partial charge in [-0.15, -0.1) is 5.10 Å². The molecule has 0 fully saturated rings. The van der Waals surface area contributed by atoms with Crippen LogP contribution in [0.25, 0.3) is 0 Å². The zero-order valence-electron chi connectivity index (χ0n) is 17.5. The fraction of sp³-hybridized carbons (Fsp3) is 0.182. The molecule has 0 amide bonds. The van der Waals surface area contributed by atoms with E-state index in [4.69, 9.17) is 16.3 Å². The van der Waals surface area contributed by atoms with Crippen LogP contribution in [0.2, 0.25) is 5.02 Å². The summed E-state index contributed by atoms with van der Waals surface area (Å²) in [5.41, 5.74) is -4.92. The number of alkyl halides is 2. The van der Waals surface area contributed by atoms with E-state index in [0.717, 1.165) is 41.5 Å². The lowest BCUT2D eigenvalue weighted by atomic mass is 9.84. The van der Waals surface area contributed by atoms with Crippen molar-refractivity contribution in [1.29, 1.82) is 0 Å². The van der Waals surface area contributed by atoms with Crippen molar-refractivity contribution >= 4 is 11.6 Å². The van der Waals surface area contributed by atoms with E-state index < -0.39 is 46.8 Å². The first kappa shape index (κ1) is 24.5. The number of ether oxygens (including phenoxy) is 1. The topological polar surface area (TPSA) is 86.0 Å². The predicted octanol–water partition coefficient (Wildman–Crippen LogP) is 4.40. The van der Waals surface area contributed by atoms with Crippen molar-refractivity contribution in [3.63, 3.8) is 0 Å². The monoisotopic (exact) mass is 511 g/mol. The van der Waals surface area contributed by atoms with Crippen molar-refractivity contribution in [3.8, 4) is 5.75 Å². The third-order valence-corrected chi connectivity index (χ3v) is 5.38. The fourth-order valence-electron chi connectivity index (χ4n) is 3.33. The summed E-state index contributed by atoms with van der Waals surface area (Å²) in [5, 5.41) is 21.4. The summed E-state index contributed by atoms with van der Waals surface area (Å²) in [5.74, 6) is -7.21. The third kappa shape index (κ3) is 4.93. The molecule has 1 atom stereocenters. The highest BCUT2D eigenvalue weighted by atomic mass is 35.5. The molecule has 0 aliphatic rings. The van der Waals surface area contributed by atoms with Crippen LogP contribution in [-0.2, 0) is 24.7 Å². The summed E-state index contributed by atoms with van der Waals surface area (Å²) in [6, 6.07) is 7.77. The second kappa shape index (κ2) is 9.55. The number of nitrogens with zero attached hydrogens (tertiary/aromatic N) is 5. The maximum atomic E-state index is 15.7. The minimum absolute atomic E-state index is 0.0240. The third-order valence-electron chi connectivity index (χ3n) is 5.15. The van der Waals surface area contributed by atoms with Crippen molar-refractivity contribution in [1.82, 2.24) is 25.2 Å². The zero-order chi connectivity index (χ0) is 25.2. The number of halogens is 6. The van der Waals surface area contributed by atoms with Gasteiger partial charge in [-0.1, -0.05) is 17.7 Å². The van der Waals surface area contributed by atoms with E-state index in [-0.39, 0.29) is 22.9 Å². The predicted molar refractivity (Wildman–Crippen MR) is 112 cm³/mol. The molecule has 7 nitrogen and oxygen atoms in total. The second-order valence-corrected chi connectivity index (χ2v) is 7.91. The molecule has 182 valence electrons. The quantitative estimate of drug-likeness (QED) is 0.353. The second-order valence-electron chi connectivity index (χ2n) is 7.47. The number of benzene rings is 2. The number of hydrogen-bond donors (Lipinski definition) is 1. The largest absolute Gasteiger partial charge is 0.487 e. The first-order valence-corrected chi connectivity index (χ1v) is 10.3. The Hall–Kier alpha value is -3.64. The van der Waals surface area contributed by atoms with Gasteiger partial charge < -0.3 is 9.84 Å². The first-order valence-electron chi connectivity index (χ1n) is 9.90.